The van der Waals surface area contributed by atoms with Crippen molar-refractivity contribution >= 4 is 0 Å². The molecule has 2 rings (SSSR count). The number of rotatable bonds is 0. The normalized spacial score (nSPS) is 45.8. The van der Waals surface area contributed by atoms with E-state index in [2.05, 4.69) is 31.1 Å². The molecule has 2 fully saturated rings. The molecule has 0 amide bonds. The smallest absolute Gasteiger partial charge is 0.0358 e. The fourth-order valence-electron chi connectivity index (χ4n) is 2.36. The van der Waals surface area contributed by atoms with Gasteiger partial charge in [-0.2, -0.15) is 0 Å². The van der Waals surface area contributed by atoms with Gasteiger partial charge in [0.05, 0.1) is 0 Å². The van der Waals surface area contributed by atoms with Crippen molar-refractivity contribution in [3.63, 3.8) is 0 Å². The molecule has 2 saturated heterocycles. The van der Waals surface area contributed by atoms with Crippen molar-refractivity contribution in [1.29, 1.82) is 0 Å². The van der Waals surface area contributed by atoms with Crippen LogP contribution in [-0.4, -0.2) is 37.1 Å². The average Bonchev–Trinajstić information content (AvgIpc) is 2.18. The number of likely N-dealkylation sites (N-methyl/N-ethyl adjacent to an activating group) is 1. The fourth-order valence-corrected chi connectivity index (χ4v) is 2.36. The van der Waals surface area contributed by atoms with Gasteiger partial charge in [0, 0.05) is 30.6 Å². The maximum atomic E-state index is 3.51. The highest BCUT2D eigenvalue weighted by Crippen LogP contribution is 2.44. The molecule has 0 radical (unpaired) electrons. The van der Waals surface area contributed by atoms with Crippen molar-refractivity contribution in [3.8, 4) is 0 Å². The van der Waals surface area contributed by atoms with E-state index in [4.69, 9.17) is 0 Å². The minimum atomic E-state index is 0.418. The molecule has 12 heavy (non-hydrogen) atoms. The molecule has 72 valence electrons. The Labute approximate surface area is 76.3 Å². The third-order valence-corrected chi connectivity index (χ3v) is 3.41. The summed E-state index contributed by atoms with van der Waals surface area (Å²) in [6, 6.07) is 0. The van der Waals surface area contributed by atoms with Crippen LogP contribution in [0.5, 0.6) is 0 Å². The number of nitrogens with one attached hydrogen (secondary N) is 1. The van der Waals surface area contributed by atoms with Crippen LogP contribution < -0.4 is 5.32 Å². The maximum absolute atomic E-state index is 3.51. The summed E-state index contributed by atoms with van der Waals surface area (Å²) in [6.45, 7) is 12.4. The zero-order chi connectivity index (χ0) is 9.41. The van der Waals surface area contributed by atoms with E-state index in [1.807, 2.05) is 13.8 Å². The van der Waals surface area contributed by atoms with Crippen LogP contribution in [0.2, 0.25) is 0 Å². The van der Waals surface area contributed by atoms with E-state index >= 15 is 0 Å². The Bertz CT molecular complexity index is 151. The summed E-state index contributed by atoms with van der Waals surface area (Å²) in [5, 5.41) is 3.51. The van der Waals surface area contributed by atoms with E-state index in [9.17, 15) is 0 Å². The van der Waals surface area contributed by atoms with Gasteiger partial charge in [-0.15, -0.1) is 0 Å². The number of nitrogens with zero attached hydrogens (tertiary/aromatic N) is 1. The Morgan fingerprint density at radius 2 is 1.75 bits per heavy atom. The molecule has 0 aromatic carbocycles. The largest absolute Gasteiger partial charge is 0.309 e. The predicted molar refractivity (Wildman–Crippen MR) is 53.4 cm³/mol. The summed E-state index contributed by atoms with van der Waals surface area (Å²) in [7, 11) is 2.20. The van der Waals surface area contributed by atoms with E-state index < -0.39 is 0 Å². The van der Waals surface area contributed by atoms with Gasteiger partial charge < -0.3 is 10.2 Å². The van der Waals surface area contributed by atoms with E-state index in [1.54, 1.807) is 0 Å². The molecule has 0 aromatic rings. The quantitative estimate of drug-likeness (QED) is 0.590. The third-order valence-electron chi connectivity index (χ3n) is 3.41. The minimum absolute atomic E-state index is 0.418. The van der Waals surface area contributed by atoms with Gasteiger partial charge in [0.25, 0.3) is 0 Å². The van der Waals surface area contributed by atoms with Crippen LogP contribution in [0, 0.1) is 5.41 Å². The molecule has 0 bridgehead atoms. The van der Waals surface area contributed by atoms with Gasteiger partial charge >= 0.3 is 0 Å². The number of fused-ring (bicyclic) bond motifs is 1. The summed E-state index contributed by atoms with van der Waals surface area (Å²) in [5.74, 6) is 0. The molecule has 2 atom stereocenters. The lowest BCUT2D eigenvalue weighted by Crippen LogP contribution is -2.69. The standard InChI is InChI=1S/C8H16N2.C2H6/c1-7-4-9-8(7,2)6-10(3)5-7;1-2/h9H,4-6H2,1-3H3;1-2H3. The number of hydrogen-bond acceptors (Lipinski definition) is 2. The van der Waals surface area contributed by atoms with Crippen LogP contribution in [0.15, 0.2) is 0 Å². The van der Waals surface area contributed by atoms with E-state index in [-0.39, 0.29) is 0 Å². The molecule has 2 aliphatic heterocycles. The second kappa shape index (κ2) is 3.00. The van der Waals surface area contributed by atoms with Crippen LogP contribution in [0.4, 0.5) is 0 Å². The average molecular weight is 170 g/mol. The van der Waals surface area contributed by atoms with Crippen LogP contribution >= 0.6 is 0 Å². The highest BCUT2D eigenvalue weighted by Gasteiger charge is 2.57. The molecular weight excluding hydrogens is 148 g/mol. The van der Waals surface area contributed by atoms with Crippen molar-refractivity contribution in [2.24, 2.45) is 5.41 Å². The van der Waals surface area contributed by atoms with E-state index in [0.717, 1.165) is 0 Å². The van der Waals surface area contributed by atoms with E-state index in [1.165, 1.54) is 19.6 Å². The predicted octanol–water partition coefficient (Wildman–Crippen LogP) is 1.33. The Morgan fingerprint density at radius 1 is 1.17 bits per heavy atom. The molecule has 1 N–H and O–H groups in total. The van der Waals surface area contributed by atoms with Crippen molar-refractivity contribution in [1.82, 2.24) is 10.2 Å². The summed E-state index contributed by atoms with van der Waals surface area (Å²) in [5.41, 5.74) is 0.976. The Morgan fingerprint density at radius 3 is 1.92 bits per heavy atom. The molecule has 2 unspecified atom stereocenters. The zero-order valence-electron chi connectivity index (χ0n) is 9.07. The van der Waals surface area contributed by atoms with Crippen LogP contribution in [0.3, 0.4) is 0 Å². The first kappa shape index (κ1) is 10.0. The van der Waals surface area contributed by atoms with Crippen LogP contribution in [0.25, 0.3) is 0 Å². The Balaban J connectivity index is 0.000000336. The van der Waals surface area contributed by atoms with Gasteiger partial charge in [-0.25, -0.2) is 0 Å². The van der Waals surface area contributed by atoms with Crippen molar-refractivity contribution < 1.29 is 0 Å². The molecular formula is C10H22N2. The monoisotopic (exact) mass is 170 g/mol. The highest BCUT2D eigenvalue weighted by molar-refractivity contribution is 5.16. The molecule has 2 heteroatoms. The second-order valence-electron chi connectivity index (χ2n) is 4.42. The van der Waals surface area contributed by atoms with E-state index in [0.29, 0.717) is 11.0 Å². The third kappa shape index (κ3) is 1.17. The molecule has 2 heterocycles. The van der Waals surface area contributed by atoms with Gasteiger partial charge in [0.15, 0.2) is 0 Å². The lowest BCUT2D eigenvalue weighted by Gasteiger charge is -2.51. The SMILES string of the molecule is CC.CN1CC2(C)CNC2(C)C1. The number of hydrogen-bond donors (Lipinski definition) is 1. The molecule has 0 spiro atoms. The summed E-state index contributed by atoms with van der Waals surface area (Å²) < 4.78 is 0. The molecule has 0 aliphatic carbocycles. The first-order valence-corrected chi connectivity index (χ1v) is 4.99. The van der Waals surface area contributed by atoms with Gasteiger partial charge in [-0.1, -0.05) is 20.8 Å². The topological polar surface area (TPSA) is 15.3 Å². The number of likely N-dealkylation sites (tertiary alicyclic amines) is 1. The molecule has 2 nitrogen and oxygen atoms in total. The molecule has 2 aliphatic rings. The van der Waals surface area contributed by atoms with Gasteiger partial charge in [0.2, 0.25) is 0 Å². The first-order chi connectivity index (χ1) is 5.56. The summed E-state index contributed by atoms with van der Waals surface area (Å²) >= 11 is 0. The van der Waals surface area contributed by atoms with Gasteiger partial charge in [-0.05, 0) is 14.0 Å². The first-order valence-electron chi connectivity index (χ1n) is 4.99. The summed E-state index contributed by atoms with van der Waals surface area (Å²) in [4.78, 5) is 2.42. The minimum Gasteiger partial charge on any atom is -0.309 e. The Kier molecular flexibility index (Phi) is 2.50. The van der Waals surface area contributed by atoms with Crippen molar-refractivity contribution in [2.45, 2.75) is 33.2 Å². The van der Waals surface area contributed by atoms with Crippen LogP contribution in [-0.2, 0) is 0 Å². The molecule has 0 aromatic heterocycles. The lowest BCUT2D eigenvalue weighted by molar-refractivity contribution is 0.0680. The molecule has 0 saturated carbocycles. The van der Waals surface area contributed by atoms with Gasteiger partial charge in [0.1, 0.15) is 0 Å². The fraction of sp³-hybridized carbons (Fsp3) is 1.00. The lowest BCUT2D eigenvalue weighted by atomic mass is 9.68. The van der Waals surface area contributed by atoms with Crippen molar-refractivity contribution in [2.75, 3.05) is 26.7 Å². The second-order valence-corrected chi connectivity index (χ2v) is 4.42. The van der Waals surface area contributed by atoms with Gasteiger partial charge in [-0.3, -0.25) is 0 Å². The summed E-state index contributed by atoms with van der Waals surface area (Å²) in [6.07, 6.45) is 0. The Hall–Kier alpha value is -0.0800. The maximum Gasteiger partial charge on any atom is 0.0358 e. The highest BCUT2D eigenvalue weighted by atomic mass is 15.3. The zero-order valence-corrected chi connectivity index (χ0v) is 9.07. The van der Waals surface area contributed by atoms with Crippen LogP contribution in [0.1, 0.15) is 27.7 Å². The van der Waals surface area contributed by atoms with Crippen molar-refractivity contribution in [3.05, 3.63) is 0 Å².